The smallest absolute Gasteiger partial charge is 0.302 e. The van der Waals surface area contributed by atoms with Crippen LogP contribution in [0.1, 0.15) is 78.6 Å². The maximum Gasteiger partial charge on any atom is 0.302 e. The lowest BCUT2D eigenvalue weighted by atomic mass is 9.44. The summed E-state index contributed by atoms with van der Waals surface area (Å²) in [6.07, 6.45) is 9.40. The van der Waals surface area contributed by atoms with Crippen molar-refractivity contribution >= 4 is 5.97 Å². The first-order chi connectivity index (χ1) is 12.2. The van der Waals surface area contributed by atoms with Gasteiger partial charge in [-0.25, -0.2) is 0 Å². The van der Waals surface area contributed by atoms with Crippen LogP contribution in [-0.2, 0) is 9.53 Å². The maximum atomic E-state index is 11.4. The molecule has 0 aromatic heterocycles. The van der Waals surface area contributed by atoms with Crippen LogP contribution in [0.25, 0.3) is 0 Å². The molecule has 0 aromatic rings. The molecule has 0 amide bonds. The molecule has 0 bridgehead atoms. The Morgan fingerprint density at radius 3 is 2.50 bits per heavy atom. The number of hydrogen-bond acceptors (Lipinski definition) is 4. The molecular weight excluding hydrogens is 326 g/mol. The van der Waals surface area contributed by atoms with Crippen molar-refractivity contribution in [3.8, 4) is 6.07 Å². The van der Waals surface area contributed by atoms with E-state index in [1.54, 1.807) is 0 Å². The van der Waals surface area contributed by atoms with E-state index in [9.17, 15) is 15.2 Å². The SMILES string of the molecule is CC(=O)O[C@@H]1CC[C@@]2(C)[C@@H](CC[C@H]3[C@H]4CC[C@](O)(C#N)[C@@]4(C)CC[C@@H]32)C1. The van der Waals surface area contributed by atoms with Crippen LogP contribution >= 0.6 is 0 Å². The first-order valence-corrected chi connectivity index (χ1v) is 10.5. The van der Waals surface area contributed by atoms with Crippen molar-refractivity contribution < 1.29 is 14.6 Å². The van der Waals surface area contributed by atoms with E-state index >= 15 is 0 Å². The van der Waals surface area contributed by atoms with Crippen LogP contribution in [0, 0.1) is 45.8 Å². The van der Waals surface area contributed by atoms with Gasteiger partial charge in [0.1, 0.15) is 6.10 Å². The number of ether oxygens (including phenoxy) is 1. The Morgan fingerprint density at radius 1 is 1.08 bits per heavy atom. The summed E-state index contributed by atoms with van der Waals surface area (Å²) in [5.74, 6) is 2.31. The summed E-state index contributed by atoms with van der Waals surface area (Å²) in [5.41, 5.74) is -1.04. The highest BCUT2D eigenvalue weighted by molar-refractivity contribution is 5.66. The van der Waals surface area contributed by atoms with E-state index < -0.39 is 5.60 Å². The quantitative estimate of drug-likeness (QED) is 0.562. The third-order valence-corrected chi connectivity index (χ3v) is 9.29. The van der Waals surface area contributed by atoms with Crippen molar-refractivity contribution in [3.05, 3.63) is 0 Å². The van der Waals surface area contributed by atoms with Gasteiger partial charge < -0.3 is 9.84 Å². The van der Waals surface area contributed by atoms with Gasteiger partial charge >= 0.3 is 5.97 Å². The first-order valence-electron chi connectivity index (χ1n) is 10.5. The van der Waals surface area contributed by atoms with Crippen molar-refractivity contribution in [3.63, 3.8) is 0 Å². The topological polar surface area (TPSA) is 70.3 Å². The molecule has 4 heteroatoms. The van der Waals surface area contributed by atoms with Crippen LogP contribution in [0.5, 0.6) is 0 Å². The zero-order valence-electron chi connectivity index (χ0n) is 16.5. The Bertz CT molecular complexity index is 642. The summed E-state index contributed by atoms with van der Waals surface area (Å²) in [6.45, 7) is 6.17. The maximum absolute atomic E-state index is 11.4. The van der Waals surface area contributed by atoms with Gasteiger partial charge in [0, 0.05) is 12.3 Å². The molecule has 8 atom stereocenters. The fraction of sp³-hybridized carbons (Fsp3) is 0.909. The monoisotopic (exact) mass is 359 g/mol. The molecule has 0 heterocycles. The summed E-state index contributed by atoms with van der Waals surface area (Å²) in [6, 6.07) is 2.27. The Morgan fingerprint density at radius 2 is 1.81 bits per heavy atom. The molecule has 26 heavy (non-hydrogen) atoms. The van der Waals surface area contributed by atoms with Gasteiger partial charge in [-0.3, -0.25) is 4.79 Å². The molecule has 0 spiro atoms. The second-order valence-corrected chi connectivity index (χ2v) is 10.1. The van der Waals surface area contributed by atoms with Crippen molar-refractivity contribution in [2.75, 3.05) is 0 Å². The largest absolute Gasteiger partial charge is 0.463 e. The fourth-order valence-electron chi connectivity index (χ4n) is 7.76. The number of hydrogen-bond donors (Lipinski definition) is 1. The lowest BCUT2D eigenvalue weighted by Crippen LogP contribution is -2.56. The van der Waals surface area contributed by atoms with E-state index in [-0.39, 0.29) is 17.5 Å². The number of nitriles is 1. The van der Waals surface area contributed by atoms with Gasteiger partial charge in [0.25, 0.3) is 0 Å². The van der Waals surface area contributed by atoms with Crippen LogP contribution < -0.4 is 0 Å². The van der Waals surface area contributed by atoms with Crippen molar-refractivity contribution in [1.82, 2.24) is 0 Å². The molecule has 4 nitrogen and oxygen atoms in total. The van der Waals surface area contributed by atoms with Crippen molar-refractivity contribution in [2.24, 2.45) is 34.5 Å². The molecule has 0 radical (unpaired) electrons. The zero-order valence-corrected chi connectivity index (χ0v) is 16.5. The van der Waals surface area contributed by atoms with Gasteiger partial charge in [0.15, 0.2) is 5.60 Å². The number of fused-ring (bicyclic) bond motifs is 5. The number of nitrogens with zero attached hydrogens (tertiary/aromatic N) is 1. The molecule has 4 rings (SSSR count). The van der Waals surface area contributed by atoms with E-state index in [1.807, 2.05) is 0 Å². The summed E-state index contributed by atoms with van der Waals surface area (Å²) in [5, 5.41) is 20.6. The van der Waals surface area contributed by atoms with Crippen molar-refractivity contribution in [2.45, 2.75) is 90.3 Å². The molecule has 0 saturated heterocycles. The number of rotatable bonds is 1. The molecule has 0 aliphatic heterocycles. The van der Waals surface area contributed by atoms with Gasteiger partial charge in [-0.1, -0.05) is 13.8 Å². The van der Waals surface area contributed by atoms with Gasteiger partial charge in [-0.2, -0.15) is 5.26 Å². The second-order valence-electron chi connectivity index (χ2n) is 10.1. The van der Waals surface area contributed by atoms with E-state index in [0.717, 1.165) is 38.5 Å². The van der Waals surface area contributed by atoms with Crippen LogP contribution in [0.15, 0.2) is 0 Å². The normalized spacial score (nSPS) is 53.0. The molecule has 4 fully saturated rings. The molecule has 4 saturated carbocycles. The predicted octanol–water partition coefficient (Wildman–Crippen LogP) is 4.22. The fourth-order valence-corrected chi connectivity index (χ4v) is 7.76. The standard InChI is InChI=1S/C22H33NO3/c1-14(24)26-16-6-9-20(2)15(12-16)4-5-17-18(20)7-10-21(3)19(17)8-11-22(21,25)13-23/h15-19,25H,4-12H2,1-3H3/t15-,16+,17+,18-,19+,20-,21-,22-/m0/s1. The zero-order chi connectivity index (χ0) is 18.7. The highest BCUT2D eigenvalue weighted by Crippen LogP contribution is 2.68. The van der Waals surface area contributed by atoms with Gasteiger partial charge in [-0.05, 0) is 86.9 Å². The average molecular weight is 360 g/mol. The molecule has 1 N–H and O–H groups in total. The van der Waals surface area contributed by atoms with Crippen LogP contribution in [0.3, 0.4) is 0 Å². The van der Waals surface area contributed by atoms with Crippen molar-refractivity contribution in [1.29, 1.82) is 5.26 Å². The van der Waals surface area contributed by atoms with Gasteiger partial charge in [0.05, 0.1) is 6.07 Å². The highest BCUT2D eigenvalue weighted by Gasteiger charge is 2.65. The summed E-state index contributed by atoms with van der Waals surface area (Å²) in [7, 11) is 0. The Balaban J connectivity index is 1.56. The Hall–Kier alpha value is -1.08. The third-order valence-electron chi connectivity index (χ3n) is 9.29. The first kappa shape index (κ1) is 18.3. The number of carbonyl (C=O) groups is 1. The Labute approximate surface area is 157 Å². The highest BCUT2D eigenvalue weighted by atomic mass is 16.5. The van der Waals surface area contributed by atoms with E-state index in [2.05, 4.69) is 19.9 Å². The van der Waals surface area contributed by atoms with E-state index in [0.29, 0.717) is 35.5 Å². The number of carbonyl (C=O) groups excluding carboxylic acids is 1. The number of esters is 1. The predicted molar refractivity (Wildman–Crippen MR) is 97.8 cm³/mol. The lowest BCUT2D eigenvalue weighted by Gasteiger charge is -2.61. The van der Waals surface area contributed by atoms with Crippen LogP contribution in [0.4, 0.5) is 0 Å². The average Bonchev–Trinajstić information content (AvgIpc) is 2.87. The van der Waals surface area contributed by atoms with Gasteiger partial charge in [-0.15, -0.1) is 0 Å². The minimum absolute atomic E-state index is 0.103. The lowest BCUT2D eigenvalue weighted by molar-refractivity contribution is -0.164. The third kappa shape index (κ3) is 2.39. The molecule has 144 valence electrons. The minimum Gasteiger partial charge on any atom is -0.463 e. The minimum atomic E-state index is -1.13. The van der Waals surface area contributed by atoms with E-state index in [4.69, 9.17) is 4.74 Å². The molecule has 4 aliphatic carbocycles. The van der Waals surface area contributed by atoms with Crippen LogP contribution in [0.2, 0.25) is 0 Å². The number of aliphatic hydroxyl groups is 1. The molecular formula is C22H33NO3. The summed E-state index contributed by atoms with van der Waals surface area (Å²) < 4.78 is 5.54. The molecule has 4 aliphatic rings. The Kier molecular flexibility index (Phi) is 4.19. The second kappa shape index (κ2) is 5.96. The summed E-state index contributed by atoms with van der Waals surface area (Å²) >= 11 is 0. The summed E-state index contributed by atoms with van der Waals surface area (Å²) in [4.78, 5) is 11.4. The molecule has 0 unspecified atom stereocenters. The van der Waals surface area contributed by atoms with Gasteiger partial charge in [0.2, 0.25) is 0 Å². The van der Waals surface area contributed by atoms with Crippen LogP contribution in [-0.4, -0.2) is 22.8 Å². The molecule has 0 aromatic carbocycles. The van der Waals surface area contributed by atoms with E-state index in [1.165, 1.54) is 19.8 Å².